The Morgan fingerprint density at radius 1 is 1.64 bits per heavy atom. The van der Waals surface area contributed by atoms with Crippen molar-refractivity contribution in [3.63, 3.8) is 0 Å². The Morgan fingerprint density at radius 3 is 2.86 bits per heavy atom. The molecule has 0 saturated carbocycles. The first kappa shape index (κ1) is 10.5. The third-order valence-electron chi connectivity index (χ3n) is 1.57. The molecule has 0 aliphatic carbocycles. The first-order valence-electron chi connectivity index (χ1n) is 4.37. The van der Waals surface area contributed by atoms with E-state index >= 15 is 0 Å². The zero-order valence-corrected chi connectivity index (χ0v) is 8.24. The van der Waals surface area contributed by atoms with E-state index in [4.69, 9.17) is 5.84 Å². The molecule has 4 N–H and O–H groups in total. The minimum Gasteiger partial charge on any atom is -0.329 e. The molecule has 0 bridgehead atoms. The maximum atomic E-state index is 11.0. The molecule has 0 unspecified atom stereocenters. The predicted octanol–water partition coefficient (Wildman–Crippen LogP) is -0.00680. The normalized spacial score (nSPS) is 11.9. The minimum atomic E-state index is -0.172. The number of nitrogens with zero attached hydrogens (tertiary/aromatic N) is 1. The summed E-state index contributed by atoms with van der Waals surface area (Å²) < 4.78 is 0. The second-order valence-electron chi connectivity index (χ2n) is 3.16. The minimum absolute atomic E-state index is 0.125. The Balaban J connectivity index is 3.07. The van der Waals surface area contributed by atoms with Gasteiger partial charge >= 0.3 is 0 Å². The molecule has 0 amide bonds. The van der Waals surface area contributed by atoms with Gasteiger partial charge in [-0.05, 0) is 19.9 Å². The number of nitrogens with one attached hydrogen (secondary N) is 2. The summed E-state index contributed by atoms with van der Waals surface area (Å²) in [4.78, 5) is 17.8. The number of H-pyrrole nitrogens is 1. The Morgan fingerprint density at radius 2 is 2.36 bits per heavy atom. The van der Waals surface area contributed by atoms with Gasteiger partial charge in [0.25, 0.3) is 0 Å². The van der Waals surface area contributed by atoms with Crippen molar-refractivity contribution in [2.45, 2.75) is 19.9 Å². The lowest BCUT2D eigenvalue weighted by molar-refractivity contribution is 0.820. The van der Waals surface area contributed by atoms with E-state index in [0.29, 0.717) is 11.4 Å². The van der Waals surface area contributed by atoms with Gasteiger partial charge in [-0.25, -0.2) is 5.84 Å². The number of pyridine rings is 1. The largest absolute Gasteiger partial charge is 0.329 e. The lowest BCUT2D eigenvalue weighted by Crippen LogP contribution is -2.32. The van der Waals surface area contributed by atoms with E-state index in [1.54, 1.807) is 12.3 Å². The van der Waals surface area contributed by atoms with Gasteiger partial charge in [-0.1, -0.05) is 0 Å². The number of aromatic amines is 1. The van der Waals surface area contributed by atoms with Crippen LogP contribution in [0.15, 0.2) is 28.1 Å². The first-order chi connectivity index (χ1) is 6.63. The molecular formula is C9H14N4O. The Labute approximate surface area is 82.0 Å². The summed E-state index contributed by atoms with van der Waals surface area (Å²) in [5.41, 5.74) is 2.99. The maximum absolute atomic E-state index is 11.0. The van der Waals surface area contributed by atoms with E-state index in [2.05, 4.69) is 15.4 Å². The number of aliphatic imine (C=N–C) groups is 1. The van der Waals surface area contributed by atoms with Crippen molar-refractivity contribution >= 4 is 5.84 Å². The Bertz CT molecular complexity index is 380. The van der Waals surface area contributed by atoms with Crippen LogP contribution in [0.5, 0.6) is 0 Å². The quantitative estimate of drug-likeness (QED) is 0.268. The number of rotatable bonds is 2. The van der Waals surface area contributed by atoms with Gasteiger partial charge in [-0.15, -0.1) is 0 Å². The second-order valence-corrected chi connectivity index (χ2v) is 3.16. The molecule has 0 saturated heterocycles. The topological polar surface area (TPSA) is 83.3 Å². The molecule has 0 aliphatic rings. The number of amidine groups is 1. The van der Waals surface area contributed by atoms with Crippen LogP contribution in [0, 0.1) is 0 Å². The van der Waals surface area contributed by atoms with E-state index in [9.17, 15) is 4.79 Å². The Hall–Kier alpha value is -1.62. The van der Waals surface area contributed by atoms with Gasteiger partial charge in [0, 0.05) is 23.9 Å². The molecule has 1 rings (SSSR count). The molecule has 1 aromatic rings. The highest BCUT2D eigenvalue weighted by Gasteiger charge is 2.02. The third kappa shape index (κ3) is 2.70. The van der Waals surface area contributed by atoms with Crippen molar-refractivity contribution in [2.24, 2.45) is 10.8 Å². The summed E-state index contributed by atoms with van der Waals surface area (Å²) in [5.74, 6) is 5.83. The molecule has 1 heterocycles. The molecule has 76 valence electrons. The lowest BCUT2D eigenvalue weighted by Gasteiger charge is -2.06. The third-order valence-corrected chi connectivity index (χ3v) is 1.57. The van der Waals surface area contributed by atoms with E-state index in [-0.39, 0.29) is 11.6 Å². The molecule has 1 aromatic heterocycles. The number of hydrogen-bond acceptors (Lipinski definition) is 3. The average molecular weight is 194 g/mol. The van der Waals surface area contributed by atoms with Gasteiger partial charge in [0.2, 0.25) is 5.56 Å². The molecule has 0 radical (unpaired) electrons. The van der Waals surface area contributed by atoms with E-state index in [0.717, 1.165) is 0 Å². The van der Waals surface area contributed by atoms with Crippen LogP contribution in [0.1, 0.15) is 19.4 Å². The molecule has 0 aromatic carbocycles. The highest BCUT2D eigenvalue weighted by molar-refractivity contribution is 5.98. The van der Waals surface area contributed by atoms with Crippen LogP contribution in [0.2, 0.25) is 0 Å². The monoisotopic (exact) mass is 194 g/mol. The fourth-order valence-corrected chi connectivity index (χ4v) is 1.05. The van der Waals surface area contributed by atoms with Crippen LogP contribution < -0.4 is 16.8 Å². The van der Waals surface area contributed by atoms with Crippen molar-refractivity contribution < 1.29 is 0 Å². The first-order valence-corrected chi connectivity index (χ1v) is 4.37. The maximum Gasteiger partial charge on any atom is 0.248 e. The zero-order valence-electron chi connectivity index (χ0n) is 8.24. The lowest BCUT2D eigenvalue weighted by atomic mass is 10.2. The van der Waals surface area contributed by atoms with Gasteiger partial charge in [-0.2, -0.15) is 0 Å². The molecular weight excluding hydrogens is 180 g/mol. The molecule has 0 aliphatic heterocycles. The second kappa shape index (κ2) is 4.57. The number of hydrazine groups is 1. The molecule has 0 atom stereocenters. The number of nitrogens with two attached hydrogens (primary N) is 1. The van der Waals surface area contributed by atoms with Crippen molar-refractivity contribution in [3.05, 3.63) is 34.2 Å². The van der Waals surface area contributed by atoms with Crippen molar-refractivity contribution in [1.29, 1.82) is 0 Å². The predicted molar refractivity (Wildman–Crippen MR) is 56.1 cm³/mol. The zero-order chi connectivity index (χ0) is 10.6. The summed E-state index contributed by atoms with van der Waals surface area (Å²) in [6, 6.07) is 3.31. The van der Waals surface area contributed by atoms with Crippen LogP contribution in [0.25, 0.3) is 0 Å². The smallest absolute Gasteiger partial charge is 0.248 e. The van der Waals surface area contributed by atoms with Crippen LogP contribution in [-0.2, 0) is 0 Å². The fraction of sp³-hybridized carbons (Fsp3) is 0.333. The molecule has 0 spiro atoms. The van der Waals surface area contributed by atoms with E-state index < -0.39 is 0 Å². The van der Waals surface area contributed by atoms with E-state index in [1.807, 2.05) is 13.8 Å². The molecule has 5 nitrogen and oxygen atoms in total. The van der Waals surface area contributed by atoms with Gasteiger partial charge in [0.05, 0.1) is 0 Å². The summed E-state index contributed by atoms with van der Waals surface area (Å²) in [7, 11) is 0. The fourth-order valence-electron chi connectivity index (χ4n) is 1.05. The average Bonchev–Trinajstić information content (AvgIpc) is 2.14. The van der Waals surface area contributed by atoms with Crippen LogP contribution in [0.3, 0.4) is 0 Å². The highest BCUT2D eigenvalue weighted by atomic mass is 16.1. The van der Waals surface area contributed by atoms with Crippen molar-refractivity contribution in [2.75, 3.05) is 0 Å². The van der Waals surface area contributed by atoms with Crippen LogP contribution >= 0.6 is 0 Å². The molecule has 0 fully saturated rings. The van der Waals surface area contributed by atoms with Gasteiger partial charge in [-0.3, -0.25) is 9.79 Å². The van der Waals surface area contributed by atoms with Crippen molar-refractivity contribution in [1.82, 2.24) is 10.4 Å². The summed E-state index contributed by atoms with van der Waals surface area (Å²) in [6.45, 7) is 3.87. The van der Waals surface area contributed by atoms with Crippen LogP contribution in [0.4, 0.5) is 0 Å². The van der Waals surface area contributed by atoms with Crippen molar-refractivity contribution in [3.8, 4) is 0 Å². The summed E-state index contributed by atoms with van der Waals surface area (Å²) in [6.07, 6.45) is 1.56. The van der Waals surface area contributed by atoms with Crippen LogP contribution in [-0.4, -0.2) is 16.9 Å². The highest BCUT2D eigenvalue weighted by Crippen LogP contribution is 1.96. The molecule has 14 heavy (non-hydrogen) atoms. The summed E-state index contributed by atoms with van der Waals surface area (Å²) in [5, 5.41) is 0. The Kier molecular flexibility index (Phi) is 3.41. The SMILES string of the molecule is CC(C)N=C(NN)c1cc[nH]c(=O)c1. The molecule has 5 heteroatoms. The number of hydrogen-bond donors (Lipinski definition) is 3. The summed E-state index contributed by atoms with van der Waals surface area (Å²) >= 11 is 0. The van der Waals surface area contributed by atoms with Gasteiger partial charge in [0.15, 0.2) is 0 Å². The standard InChI is InChI=1S/C9H14N4O/c1-6(2)12-9(13-10)7-3-4-11-8(14)5-7/h3-6H,10H2,1-2H3,(H,11,14)(H,12,13). The van der Waals surface area contributed by atoms with Gasteiger partial charge in [0.1, 0.15) is 5.84 Å². The number of aromatic nitrogens is 1. The van der Waals surface area contributed by atoms with Gasteiger partial charge < -0.3 is 10.4 Å². The van der Waals surface area contributed by atoms with E-state index in [1.165, 1.54) is 6.07 Å².